The number of carbonyl (C=O) groups is 2. The molecule has 4 N–H and O–H groups in total. The molecule has 0 fully saturated rings. The van der Waals surface area contributed by atoms with E-state index in [1.807, 2.05) is 40.7 Å². The van der Waals surface area contributed by atoms with E-state index in [1.165, 1.54) is 51.8 Å². The minimum Gasteiger partial charge on any atom is -0.321 e. The smallest absolute Gasteiger partial charge is 0.272 e. The largest absolute Gasteiger partial charge is 0.321 e. The highest BCUT2D eigenvalue weighted by molar-refractivity contribution is 7.17. The van der Waals surface area contributed by atoms with E-state index in [1.54, 1.807) is 24.4 Å². The fourth-order valence-corrected chi connectivity index (χ4v) is 6.76. The van der Waals surface area contributed by atoms with Gasteiger partial charge in [0.05, 0.1) is 17.6 Å². The summed E-state index contributed by atoms with van der Waals surface area (Å²) in [6, 6.07) is 14.0. The Balaban J connectivity index is 1.15. The Bertz CT molecular complexity index is 2700. The second-order valence-electron chi connectivity index (χ2n) is 14.2. The molecule has 0 aliphatic rings. The number of anilines is 2. The Morgan fingerprint density at radius 1 is 0.868 bits per heavy atom. The fraction of sp³-hybridized carbons (Fsp3) is 0.216. The first kappa shape index (κ1) is 35.5. The average Bonchev–Trinajstić information content (AvgIpc) is 3.84. The van der Waals surface area contributed by atoms with Crippen molar-refractivity contribution in [1.29, 1.82) is 0 Å². The number of aromatic nitrogens is 7. The molecular formula is C37H33ClFN9O4S. The summed E-state index contributed by atoms with van der Waals surface area (Å²) in [4.78, 5) is 65.9. The fourth-order valence-electron chi connectivity index (χ4n) is 5.93. The van der Waals surface area contributed by atoms with Gasteiger partial charge in [-0.05, 0) is 47.9 Å². The molecule has 7 rings (SSSR count). The van der Waals surface area contributed by atoms with Crippen molar-refractivity contribution < 1.29 is 14.0 Å². The first-order chi connectivity index (χ1) is 25.1. The zero-order chi connectivity index (χ0) is 37.8. The normalized spacial score (nSPS) is 12.1. The van der Waals surface area contributed by atoms with Crippen LogP contribution in [0.15, 0.2) is 82.8 Å². The predicted octanol–water partition coefficient (Wildman–Crippen LogP) is 6.60. The van der Waals surface area contributed by atoms with Crippen LogP contribution in [0.25, 0.3) is 22.4 Å². The minimum absolute atomic E-state index is 0.102. The van der Waals surface area contributed by atoms with Gasteiger partial charge in [0.25, 0.3) is 22.9 Å². The third-order valence-electron chi connectivity index (χ3n) is 8.78. The number of aromatic amines is 2. The van der Waals surface area contributed by atoms with E-state index >= 15 is 4.39 Å². The topological polar surface area (TPSA) is 171 Å². The van der Waals surface area contributed by atoms with Crippen molar-refractivity contribution >= 4 is 57.4 Å². The molecule has 2 amide bonds. The van der Waals surface area contributed by atoms with E-state index in [2.05, 4.69) is 30.8 Å². The number of amides is 2. The van der Waals surface area contributed by atoms with E-state index in [4.69, 9.17) is 16.6 Å². The molecule has 16 heteroatoms. The summed E-state index contributed by atoms with van der Waals surface area (Å²) in [5.74, 6) is -1.41. The lowest BCUT2D eigenvalue weighted by Gasteiger charge is -2.24. The summed E-state index contributed by atoms with van der Waals surface area (Å²) in [6.45, 7) is 9.49. The molecule has 5 aromatic heterocycles. The number of hydrogen-bond acceptors (Lipinski definition) is 8. The van der Waals surface area contributed by atoms with Crippen molar-refractivity contribution in [2.45, 2.75) is 51.9 Å². The number of nitrogens with one attached hydrogen (secondary N) is 4. The number of halogens is 2. The quantitative estimate of drug-likeness (QED) is 0.135. The Labute approximate surface area is 309 Å². The summed E-state index contributed by atoms with van der Waals surface area (Å²) in [5, 5.41) is 11.4. The van der Waals surface area contributed by atoms with Gasteiger partial charge in [0.1, 0.15) is 16.4 Å². The number of hydrogen-bond donors (Lipinski definition) is 4. The lowest BCUT2D eigenvalue weighted by molar-refractivity contribution is 0.102. The maximum absolute atomic E-state index is 15.4. The first-order valence-electron chi connectivity index (χ1n) is 16.4. The van der Waals surface area contributed by atoms with Crippen LogP contribution in [-0.2, 0) is 17.3 Å². The molecule has 0 radical (unpaired) electrons. The number of H-pyrrole nitrogens is 2. The van der Waals surface area contributed by atoms with Gasteiger partial charge in [-0.3, -0.25) is 29.4 Å². The predicted molar refractivity (Wildman–Crippen MR) is 202 cm³/mol. The molecule has 0 saturated carbocycles. The number of carbonyl (C=O) groups excluding carboxylic acids is 2. The summed E-state index contributed by atoms with van der Waals surface area (Å²) in [6.07, 6.45) is 4.63. The molecule has 0 atom stereocenters. The summed E-state index contributed by atoms with van der Waals surface area (Å²) in [5.41, 5.74) is 2.14. The molecule has 0 aliphatic carbocycles. The highest BCUT2D eigenvalue weighted by Crippen LogP contribution is 2.31. The molecule has 0 spiro atoms. The van der Waals surface area contributed by atoms with E-state index in [9.17, 15) is 19.2 Å². The van der Waals surface area contributed by atoms with Crippen LogP contribution in [0, 0.1) is 5.82 Å². The summed E-state index contributed by atoms with van der Waals surface area (Å²) < 4.78 is 18.2. The molecule has 0 bridgehead atoms. The van der Waals surface area contributed by atoms with Gasteiger partial charge < -0.3 is 10.6 Å². The minimum atomic E-state index is -0.866. The van der Waals surface area contributed by atoms with Gasteiger partial charge in [0.2, 0.25) is 0 Å². The molecule has 53 heavy (non-hydrogen) atoms. The zero-order valence-corrected chi connectivity index (χ0v) is 30.7. The molecule has 0 aliphatic heterocycles. The molecule has 13 nitrogen and oxygen atoms in total. The van der Waals surface area contributed by atoms with Crippen molar-refractivity contribution in [3.8, 4) is 11.1 Å². The van der Waals surface area contributed by atoms with Gasteiger partial charge in [0.15, 0.2) is 15.8 Å². The van der Waals surface area contributed by atoms with E-state index in [-0.39, 0.29) is 44.7 Å². The number of nitrogens with zero attached hydrogens (tertiary/aromatic N) is 5. The van der Waals surface area contributed by atoms with Crippen LogP contribution in [0.1, 0.15) is 71.6 Å². The summed E-state index contributed by atoms with van der Waals surface area (Å²) >= 11 is 6.95. The maximum atomic E-state index is 15.4. The van der Waals surface area contributed by atoms with Gasteiger partial charge in [-0.15, -0.1) is 0 Å². The highest BCUT2D eigenvalue weighted by Gasteiger charge is 2.28. The molecule has 0 unspecified atom stereocenters. The van der Waals surface area contributed by atoms with Gasteiger partial charge >= 0.3 is 0 Å². The van der Waals surface area contributed by atoms with Crippen molar-refractivity contribution in [3.05, 3.63) is 132 Å². The van der Waals surface area contributed by atoms with E-state index in [0.717, 1.165) is 11.3 Å². The van der Waals surface area contributed by atoms with Crippen LogP contribution >= 0.6 is 22.9 Å². The zero-order valence-electron chi connectivity index (χ0n) is 29.2. The monoisotopic (exact) mass is 753 g/mol. The molecule has 270 valence electrons. The van der Waals surface area contributed by atoms with Crippen molar-refractivity contribution in [3.63, 3.8) is 0 Å². The lowest BCUT2D eigenvalue weighted by atomic mass is 9.82. The van der Waals surface area contributed by atoms with Gasteiger partial charge in [-0.2, -0.15) is 4.52 Å². The summed E-state index contributed by atoms with van der Waals surface area (Å²) in [7, 11) is 0. The van der Waals surface area contributed by atoms with E-state index < -0.39 is 22.6 Å². The standard InChI is InChI=1S/C37H33ClFN9O4S/c1-36(2,3)27-13-29(49)48-32(45-27)25(17-42-48)44-33(51)20-9-10-24(39)21(11-20)15-37(4,5)28-14-30(50)47-31(46-28)23(16-41-47)19-7-6-8-22(12-19)43-34(52)26-18-40-35(38)53-26/h6-14,16-18,41-42H,15H2,1-5H3,(H,43,52)(H,44,51). The van der Waals surface area contributed by atoms with Crippen LogP contribution < -0.4 is 21.8 Å². The van der Waals surface area contributed by atoms with Gasteiger partial charge in [-0.1, -0.05) is 69.7 Å². The van der Waals surface area contributed by atoms with Crippen molar-refractivity contribution in [2.75, 3.05) is 10.6 Å². The third kappa shape index (κ3) is 7.00. The van der Waals surface area contributed by atoms with Gasteiger partial charge in [0, 0.05) is 52.2 Å². The molecule has 5 heterocycles. The molecule has 2 aromatic carbocycles. The van der Waals surface area contributed by atoms with Gasteiger partial charge in [-0.25, -0.2) is 23.9 Å². The Kier molecular flexibility index (Phi) is 8.86. The van der Waals surface area contributed by atoms with E-state index in [0.29, 0.717) is 44.4 Å². The molecule has 0 saturated heterocycles. The second-order valence-corrected chi connectivity index (χ2v) is 15.8. The lowest BCUT2D eigenvalue weighted by Crippen LogP contribution is -2.27. The Morgan fingerprint density at radius 3 is 2.28 bits per heavy atom. The first-order valence-corrected chi connectivity index (χ1v) is 17.6. The number of fused-ring (bicyclic) bond motifs is 2. The average molecular weight is 754 g/mol. The molecular weight excluding hydrogens is 721 g/mol. The van der Waals surface area contributed by atoms with Crippen LogP contribution in [0.5, 0.6) is 0 Å². The van der Waals surface area contributed by atoms with Crippen LogP contribution in [0.2, 0.25) is 4.47 Å². The van der Waals surface area contributed by atoms with Crippen molar-refractivity contribution in [1.82, 2.24) is 34.2 Å². The van der Waals surface area contributed by atoms with Crippen LogP contribution in [0.3, 0.4) is 0 Å². The number of benzene rings is 2. The Hall–Kier alpha value is -5.93. The van der Waals surface area contributed by atoms with Crippen LogP contribution in [-0.4, -0.2) is 46.0 Å². The van der Waals surface area contributed by atoms with Crippen molar-refractivity contribution in [2.24, 2.45) is 0 Å². The number of rotatable bonds is 8. The Morgan fingerprint density at radius 2 is 1.57 bits per heavy atom. The third-order valence-corrected chi connectivity index (χ3v) is 9.89. The van der Waals surface area contributed by atoms with Crippen LogP contribution in [0.4, 0.5) is 15.8 Å². The maximum Gasteiger partial charge on any atom is 0.272 e. The molecule has 7 aromatic rings. The second kappa shape index (κ2) is 13.2. The highest BCUT2D eigenvalue weighted by atomic mass is 35.5. The SMILES string of the molecule is CC(C)(C)c1cc(=O)n2[nH]cc(NC(=O)c3ccc(F)c(CC(C)(C)c4cc(=O)n5[nH]cc(-c6cccc(NC(=O)c7cnc(Cl)s7)c6)c5n4)c3)c2n1. The number of thiazole rings is 1.